The maximum absolute atomic E-state index is 13.9. The van der Waals surface area contributed by atoms with Crippen LogP contribution in [0, 0.1) is 5.82 Å². The van der Waals surface area contributed by atoms with Gasteiger partial charge in [0, 0.05) is 31.8 Å². The van der Waals surface area contributed by atoms with Crippen LogP contribution in [0.2, 0.25) is 0 Å². The highest BCUT2D eigenvalue weighted by Gasteiger charge is 2.21. The first kappa shape index (κ1) is 15.9. The Bertz CT molecular complexity index is 474. The molecule has 1 aliphatic rings. The molecule has 0 aliphatic carbocycles. The van der Waals surface area contributed by atoms with Crippen LogP contribution in [-0.4, -0.2) is 31.9 Å². The second-order valence-corrected chi connectivity index (χ2v) is 5.68. The van der Waals surface area contributed by atoms with Crippen molar-refractivity contribution in [3.63, 3.8) is 0 Å². The van der Waals surface area contributed by atoms with Crippen LogP contribution in [0.5, 0.6) is 5.75 Å². The zero-order valence-electron chi connectivity index (χ0n) is 13.1. The van der Waals surface area contributed by atoms with Crippen molar-refractivity contribution in [3.05, 3.63) is 17.9 Å². The highest BCUT2D eigenvalue weighted by atomic mass is 19.1. The van der Waals surface area contributed by atoms with Gasteiger partial charge >= 0.3 is 0 Å². The van der Waals surface area contributed by atoms with E-state index in [0.29, 0.717) is 5.69 Å². The van der Waals surface area contributed by atoms with Gasteiger partial charge in [0.1, 0.15) is 0 Å². The summed E-state index contributed by atoms with van der Waals surface area (Å²) in [4.78, 5) is 2.12. The van der Waals surface area contributed by atoms with Gasteiger partial charge in [0.2, 0.25) is 0 Å². The molecule has 1 fully saturated rings. The van der Waals surface area contributed by atoms with E-state index in [9.17, 15) is 4.39 Å². The summed E-state index contributed by atoms with van der Waals surface area (Å²) in [7, 11) is 0. The Morgan fingerprint density at radius 2 is 2.24 bits per heavy atom. The highest BCUT2D eigenvalue weighted by Crippen LogP contribution is 2.32. The number of ether oxygens (including phenoxy) is 2. The van der Waals surface area contributed by atoms with E-state index in [4.69, 9.17) is 15.2 Å². The fourth-order valence-electron chi connectivity index (χ4n) is 2.61. The molecule has 1 aromatic rings. The van der Waals surface area contributed by atoms with Crippen molar-refractivity contribution < 1.29 is 13.9 Å². The van der Waals surface area contributed by atoms with Gasteiger partial charge in [0.15, 0.2) is 11.6 Å². The molecule has 21 heavy (non-hydrogen) atoms. The maximum atomic E-state index is 13.9. The van der Waals surface area contributed by atoms with Crippen LogP contribution in [0.1, 0.15) is 33.6 Å². The third-order valence-electron chi connectivity index (χ3n) is 3.61. The van der Waals surface area contributed by atoms with Crippen molar-refractivity contribution >= 4 is 11.4 Å². The molecule has 2 rings (SSSR count). The first-order valence-corrected chi connectivity index (χ1v) is 7.63. The number of anilines is 2. The number of hydrogen-bond acceptors (Lipinski definition) is 4. The van der Waals surface area contributed by atoms with Gasteiger partial charge in [-0.15, -0.1) is 0 Å². The number of nitrogens with zero attached hydrogens (tertiary/aromatic N) is 1. The minimum absolute atomic E-state index is 0.0794. The Morgan fingerprint density at radius 1 is 1.48 bits per heavy atom. The van der Waals surface area contributed by atoms with Crippen molar-refractivity contribution in [3.8, 4) is 5.75 Å². The first-order valence-electron chi connectivity index (χ1n) is 7.63. The van der Waals surface area contributed by atoms with Crippen LogP contribution >= 0.6 is 0 Å². The van der Waals surface area contributed by atoms with E-state index in [2.05, 4.69) is 11.8 Å². The monoisotopic (exact) mass is 296 g/mol. The summed E-state index contributed by atoms with van der Waals surface area (Å²) >= 11 is 0. The van der Waals surface area contributed by atoms with Gasteiger partial charge < -0.3 is 20.1 Å². The van der Waals surface area contributed by atoms with Gasteiger partial charge in [-0.2, -0.15) is 0 Å². The van der Waals surface area contributed by atoms with E-state index in [1.54, 1.807) is 6.07 Å². The lowest BCUT2D eigenvalue weighted by atomic mass is 10.2. The Hall–Kier alpha value is -1.49. The van der Waals surface area contributed by atoms with Gasteiger partial charge in [-0.3, -0.25) is 0 Å². The predicted octanol–water partition coefficient (Wildman–Crippen LogP) is 3.20. The molecule has 5 heteroatoms. The third-order valence-corrected chi connectivity index (χ3v) is 3.61. The van der Waals surface area contributed by atoms with Gasteiger partial charge in [0.05, 0.1) is 23.6 Å². The normalized spacial score (nSPS) is 18.2. The smallest absolute Gasteiger partial charge is 0.167 e. The molecular weight excluding hydrogens is 271 g/mol. The van der Waals surface area contributed by atoms with Crippen molar-refractivity contribution in [1.82, 2.24) is 0 Å². The van der Waals surface area contributed by atoms with E-state index >= 15 is 0 Å². The lowest BCUT2D eigenvalue weighted by Crippen LogP contribution is -2.32. The molecule has 1 unspecified atom stereocenters. The van der Waals surface area contributed by atoms with E-state index in [0.717, 1.165) is 38.2 Å². The quantitative estimate of drug-likeness (QED) is 0.819. The van der Waals surface area contributed by atoms with E-state index in [1.165, 1.54) is 6.07 Å². The van der Waals surface area contributed by atoms with E-state index in [1.807, 2.05) is 13.8 Å². The molecular formula is C16H25FN2O2. The number of likely N-dealkylation sites (N-methyl/N-ethyl adjacent to an activating group) is 1. The minimum Gasteiger partial charge on any atom is -0.488 e. The Kier molecular flexibility index (Phi) is 5.28. The summed E-state index contributed by atoms with van der Waals surface area (Å²) in [5.41, 5.74) is 7.24. The highest BCUT2D eigenvalue weighted by molar-refractivity contribution is 5.70. The van der Waals surface area contributed by atoms with Crippen molar-refractivity contribution in [2.45, 2.75) is 45.8 Å². The van der Waals surface area contributed by atoms with Crippen LogP contribution in [0.4, 0.5) is 15.8 Å². The Morgan fingerprint density at radius 3 is 2.81 bits per heavy atom. The number of hydrogen-bond donors (Lipinski definition) is 1. The summed E-state index contributed by atoms with van der Waals surface area (Å²) in [5, 5.41) is 0. The molecule has 0 spiro atoms. The first-order chi connectivity index (χ1) is 10.0. The summed E-state index contributed by atoms with van der Waals surface area (Å²) in [6.45, 7) is 8.19. The lowest BCUT2D eigenvalue weighted by molar-refractivity contribution is 0.115. The van der Waals surface area contributed by atoms with Crippen LogP contribution < -0.4 is 15.4 Å². The molecule has 0 bridgehead atoms. The molecule has 1 saturated heterocycles. The summed E-state index contributed by atoms with van der Waals surface area (Å²) in [5.74, 6) is -0.168. The van der Waals surface area contributed by atoms with Crippen LogP contribution in [0.3, 0.4) is 0 Å². The largest absolute Gasteiger partial charge is 0.488 e. The van der Waals surface area contributed by atoms with Gasteiger partial charge in [0.25, 0.3) is 0 Å². The SMILES string of the molecule is CCN(CC1CCCO1)c1cc(OC(C)C)c(F)cc1N. The van der Waals surface area contributed by atoms with Crippen LogP contribution in [-0.2, 0) is 4.74 Å². The molecule has 4 nitrogen and oxygen atoms in total. The predicted molar refractivity (Wildman–Crippen MR) is 83.4 cm³/mol. The molecule has 0 radical (unpaired) electrons. The molecule has 1 aromatic carbocycles. The fraction of sp³-hybridized carbons (Fsp3) is 0.625. The second-order valence-electron chi connectivity index (χ2n) is 5.68. The average Bonchev–Trinajstić information content (AvgIpc) is 2.92. The summed E-state index contributed by atoms with van der Waals surface area (Å²) < 4.78 is 25.1. The zero-order valence-corrected chi connectivity index (χ0v) is 13.1. The van der Waals surface area contributed by atoms with Crippen molar-refractivity contribution in [2.24, 2.45) is 0 Å². The molecule has 0 amide bonds. The molecule has 1 aliphatic heterocycles. The molecule has 0 aromatic heterocycles. The standard InChI is InChI=1S/C16H25FN2O2/c1-4-19(10-12-6-5-7-20-12)15-9-16(21-11(2)3)13(17)8-14(15)18/h8-9,11-12H,4-7,10,18H2,1-3H3. The van der Waals surface area contributed by atoms with Gasteiger partial charge in [-0.05, 0) is 33.6 Å². The number of benzene rings is 1. The van der Waals surface area contributed by atoms with Crippen LogP contribution in [0.15, 0.2) is 12.1 Å². The number of nitrogen functional groups attached to an aromatic ring is 1. The average molecular weight is 296 g/mol. The van der Waals surface area contributed by atoms with E-state index < -0.39 is 5.82 Å². The Balaban J connectivity index is 2.22. The Labute approximate surface area is 126 Å². The lowest BCUT2D eigenvalue weighted by Gasteiger charge is -2.28. The van der Waals surface area contributed by atoms with E-state index in [-0.39, 0.29) is 18.0 Å². The van der Waals surface area contributed by atoms with Crippen molar-refractivity contribution in [1.29, 1.82) is 0 Å². The topological polar surface area (TPSA) is 47.7 Å². The molecule has 0 saturated carbocycles. The number of halogens is 1. The number of nitrogens with two attached hydrogens (primary N) is 1. The number of rotatable bonds is 6. The second kappa shape index (κ2) is 6.98. The van der Waals surface area contributed by atoms with Crippen molar-refractivity contribution in [2.75, 3.05) is 30.3 Å². The molecule has 1 atom stereocenters. The maximum Gasteiger partial charge on any atom is 0.167 e. The zero-order chi connectivity index (χ0) is 15.4. The minimum atomic E-state index is -0.418. The summed E-state index contributed by atoms with van der Waals surface area (Å²) in [6.07, 6.45) is 2.31. The van der Waals surface area contributed by atoms with Gasteiger partial charge in [-0.25, -0.2) is 4.39 Å². The molecule has 118 valence electrons. The van der Waals surface area contributed by atoms with Gasteiger partial charge in [-0.1, -0.05) is 0 Å². The molecule has 1 heterocycles. The summed E-state index contributed by atoms with van der Waals surface area (Å²) in [6, 6.07) is 3.04. The van der Waals surface area contributed by atoms with Crippen LogP contribution in [0.25, 0.3) is 0 Å². The molecule has 2 N–H and O–H groups in total. The fourth-order valence-corrected chi connectivity index (χ4v) is 2.61. The third kappa shape index (κ3) is 4.00.